The fraction of sp³-hybridized carbons (Fsp3) is 0.235. The molecule has 3 N–H and O–H groups in total. The van der Waals surface area contributed by atoms with Crippen LogP contribution in [0.2, 0.25) is 0 Å². The van der Waals surface area contributed by atoms with Crippen molar-refractivity contribution in [3.8, 4) is 0 Å². The molecule has 0 amide bonds. The zero-order valence-corrected chi connectivity index (χ0v) is 14.4. The van der Waals surface area contributed by atoms with Crippen molar-refractivity contribution in [3.63, 3.8) is 0 Å². The molecule has 0 bridgehead atoms. The molecule has 0 aliphatic carbocycles. The molecule has 2 heterocycles. The Bertz CT molecular complexity index is 993. The standard InChI is InChI=1S/C17H16FN3O3S/c1-3-24-16(23)11-8(2)19-14-13(15(22)21-17(25)20-14)12(11)9-6-4-5-7-10(9)18/h4-7,12H,3H2,1-2H3,(H3,19,20,21,22,25). The summed E-state index contributed by atoms with van der Waals surface area (Å²) in [5, 5.41) is 2.96. The number of rotatable bonds is 3. The van der Waals surface area contributed by atoms with Crippen molar-refractivity contribution in [1.29, 1.82) is 0 Å². The number of carbonyl (C=O) groups excluding carboxylic acids is 1. The lowest BCUT2D eigenvalue weighted by Gasteiger charge is -2.29. The third kappa shape index (κ3) is 3.00. The zero-order valence-electron chi connectivity index (χ0n) is 13.6. The molecule has 0 fully saturated rings. The molecular weight excluding hydrogens is 345 g/mol. The number of benzene rings is 1. The van der Waals surface area contributed by atoms with Crippen molar-refractivity contribution >= 4 is 24.0 Å². The monoisotopic (exact) mass is 361 g/mol. The summed E-state index contributed by atoms with van der Waals surface area (Å²) in [6.07, 6.45) is 0. The highest BCUT2D eigenvalue weighted by atomic mass is 32.1. The predicted molar refractivity (Wildman–Crippen MR) is 93.4 cm³/mol. The molecule has 1 aliphatic heterocycles. The topological polar surface area (TPSA) is 87.0 Å². The molecule has 2 aromatic rings. The van der Waals surface area contributed by atoms with E-state index in [1.165, 1.54) is 6.07 Å². The second kappa shape index (κ2) is 6.64. The van der Waals surface area contributed by atoms with Crippen LogP contribution in [-0.2, 0) is 9.53 Å². The molecule has 1 aliphatic rings. The van der Waals surface area contributed by atoms with Crippen molar-refractivity contribution in [2.24, 2.45) is 0 Å². The van der Waals surface area contributed by atoms with Gasteiger partial charge >= 0.3 is 5.97 Å². The lowest BCUT2D eigenvalue weighted by molar-refractivity contribution is -0.138. The van der Waals surface area contributed by atoms with E-state index in [1.54, 1.807) is 32.0 Å². The first-order chi connectivity index (χ1) is 11.9. The number of halogens is 1. The number of anilines is 1. The van der Waals surface area contributed by atoms with E-state index in [-0.39, 0.29) is 28.1 Å². The first-order valence-corrected chi connectivity index (χ1v) is 8.10. The van der Waals surface area contributed by atoms with E-state index >= 15 is 0 Å². The molecule has 1 unspecified atom stereocenters. The minimum absolute atomic E-state index is 0.135. The van der Waals surface area contributed by atoms with E-state index < -0.39 is 23.3 Å². The minimum atomic E-state index is -0.910. The van der Waals surface area contributed by atoms with Gasteiger partial charge in [-0.25, -0.2) is 9.18 Å². The van der Waals surface area contributed by atoms with Crippen LogP contribution >= 0.6 is 12.2 Å². The number of ether oxygens (including phenoxy) is 1. The van der Waals surface area contributed by atoms with Gasteiger partial charge in [0.25, 0.3) is 5.56 Å². The number of hydrogen-bond acceptors (Lipinski definition) is 5. The Hall–Kier alpha value is -2.74. The van der Waals surface area contributed by atoms with E-state index in [2.05, 4.69) is 15.3 Å². The number of allylic oxidation sites excluding steroid dienone is 1. The van der Waals surface area contributed by atoms with E-state index in [4.69, 9.17) is 17.0 Å². The van der Waals surface area contributed by atoms with Crippen LogP contribution in [0.3, 0.4) is 0 Å². The number of fused-ring (bicyclic) bond motifs is 1. The molecule has 0 spiro atoms. The van der Waals surface area contributed by atoms with Gasteiger partial charge < -0.3 is 15.0 Å². The first-order valence-electron chi connectivity index (χ1n) is 7.69. The first kappa shape index (κ1) is 17.1. The Morgan fingerprint density at radius 3 is 2.72 bits per heavy atom. The summed E-state index contributed by atoms with van der Waals surface area (Å²) in [4.78, 5) is 30.4. The van der Waals surface area contributed by atoms with E-state index in [0.717, 1.165) is 0 Å². The zero-order chi connectivity index (χ0) is 18.1. The summed E-state index contributed by atoms with van der Waals surface area (Å²) in [5.41, 5.74) is 0.566. The Morgan fingerprint density at radius 1 is 1.32 bits per heavy atom. The van der Waals surface area contributed by atoms with Gasteiger partial charge in [-0.3, -0.25) is 9.78 Å². The smallest absolute Gasteiger partial charge is 0.336 e. The number of aromatic nitrogens is 2. The van der Waals surface area contributed by atoms with E-state index in [1.807, 2.05) is 0 Å². The van der Waals surface area contributed by atoms with Gasteiger partial charge in [0.1, 0.15) is 11.6 Å². The van der Waals surface area contributed by atoms with Crippen molar-refractivity contribution < 1.29 is 13.9 Å². The predicted octanol–water partition coefficient (Wildman–Crippen LogP) is 2.97. The van der Waals surface area contributed by atoms with Gasteiger partial charge in [-0.1, -0.05) is 18.2 Å². The van der Waals surface area contributed by atoms with Crippen molar-refractivity contribution in [1.82, 2.24) is 9.97 Å². The molecule has 130 valence electrons. The number of carbonyl (C=O) groups is 1. The maximum absolute atomic E-state index is 14.5. The second-order valence-corrected chi connectivity index (χ2v) is 5.94. The van der Waals surface area contributed by atoms with Gasteiger partial charge in [-0.15, -0.1) is 0 Å². The van der Waals surface area contributed by atoms with Gasteiger partial charge in [0.15, 0.2) is 4.77 Å². The van der Waals surface area contributed by atoms with Crippen LogP contribution in [0.1, 0.15) is 30.9 Å². The largest absolute Gasteiger partial charge is 0.463 e. The number of aromatic amines is 2. The molecule has 0 saturated heterocycles. The number of nitrogens with one attached hydrogen (secondary N) is 3. The summed E-state index contributed by atoms with van der Waals surface area (Å²) in [6, 6.07) is 6.03. The van der Waals surface area contributed by atoms with Crippen LogP contribution < -0.4 is 10.9 Å². The molecular formula is C17H16FN3O3S. The third-order valence-electron chi connectivity index (χ3n) is 3.98. The van der Waals surface area contributed by atoms with Gasteiger partial charge in [0, 0.05) is 11.3 Å². The van der Waals surface area contributed by atoms with Crippen molar-refractivity contribution in [3.05, 3.63) is 67.6 Å². The summed E-state index contributed by atoms with van der Waals surface area (Å²) in [6.45, 7) is 3.52. The van der Waals surface area contributed by atoms with Gasteiger partial charge in [-0.05, 0) is 32.1 Å². The number of hydrogen-bond donors (Lipinski definition) is 3. The average molecular weight is 361 g/mol. The van der Waals surface area contributed by atoms with Crippen LogP contribution in [-0.4, -0.2) is 22.5 Å². The normalized spacial score (nSPS) is 16.2. The molecule has 1 aromatic carbocycles. The molecule has 0 radical (unpaired) electrons. The summed E-state index contributed by atoms with van der Waals surface area (Å²) in [7, 11) is 0. The van der Waals surface area contributed by atoms with Crippen molar-refractivity contribution in [2.75, 3.05) is 11.9 Å². The summed E-state index contributed by atoms with van der Waals surface area (Å²) >= 11 is 4.99. The second-order valence-electron chi connectivity index (χ2n) is 5.54. The molecule has 25 heavy (non-hydrogen) atoms. The highest BCUT2D eigenvalue weighted by Crippen LogP contribution is 2.40. The molecule has 8 heteroatoms. The Labute approximate surface area is 147 Å². The highest BCUT2D eigenvalue weighted by Gasteiger charge is 2.36. The highest BCUT2D eigenvalue weighted by molar-refractivity contribution is 7.71. The van der Waals surface area contributed by atoms with Gasteiger partial charge in [-0.2, -0.15) is 0 Å². The maximum atomic E-state index is 14.5. The average Bonchev–Trinajstić information content (AvgIpc) is 2.53. The fourth-order valence-corrected chi connectivity index (χ4v) is 3.18. The molecule has 3 rings (SSSR count). The third-order valence-corrected chi connectivity index (χ3v) is 4.19. The lowest BCUT2D eigenvalue weighted by atomic mass is 9.82. The quantitative estimate of drug-likeness (QED) is 0.578. The van der Waals surface area contributed by atoms with Crippen LogP contribution in [0.25, 0.3) is 0 Å². The fourth-order valence-electron chi connectivity index (χ4n) is 2.99. The lowest BCUT2D eigenvalue weighted by Crippen LogP contribution is -2.31. The number of H-pyrrole nitrogens is 2. The number of esters is 1. The van der Waals surface area contributed by atoms with Crippen LogP contribution in [0, 0.1) is 10.6 Å². The van der Waals surface area contributed by atoms with Crippen LogP contribution in [0.4, 0.5) is 10.2 Å². The van der Waals surface area contributed by atoms with Crippen LogP contribution in [0.5, 0.6) is 0 Å². The molecule has 1 aromatic heterocycles. The summed E-state index contributed by atoms with van der Waals surface area (Å²) in [5.74, 6) is -1.69. The Morgan fingerprint density at radius 2 is 2.04 bits per heavy atom. The van der Waals surface area contributed by atoms with Crippen molar-refractivity contribution in [2.45, 2.75) is 19.8 Å². The Balaban J connectivity index is 2.32. The maximum Gasteiger partial charge on any atom is 0.336 e. The van der Waals surface area contributed by atoms with Gasteiger partial charge in [0.2, 0.25) is 0 Å². The summed E-state index contributed by atoms with van der Waals surface area (Å²) < 4.78 is 19.7. The molecule has 1 atom stereocenters. The minimum Gasteiger partial charge on any atom is -0.463 e. The molecule has 6 nitrogen and oxygen atoms in total. The van der Waals surface area contributed by atoms with Crippen LogP contribution in [0.15, 0.2) is 40.3 Å². The SMILES string of the molecule is CCOC(=O)C1=C(C)Nc2[nH]c(=S)[nH]c(=O)c2C1c1ccccc1F. The Kier molecular flexibility index (Phi) is 4.54. The van der Waals surface area contributed by atoms with E-state index in [9.17, 15) is 14.0 Å². The van der Waals surface area contributed by atoms with E-state index in [0.29, 0.717) is 11.5 Å². The van der Waals surface area contributed by atoms with Gasteiger partial charge in [0.05, 0.1) is 23.7 Å². The molecule has 0 saturated carbocycles.